The summed E-state index contributed by atoms with van der Waals surface area (Å²) in [6.07, 6.45) is -1.13. The number of alkyl halides is 3. The van der Waals surface area contributed by atoms with Crippen molar-refractivity contribution in [3.8, 4) is 11.8 Å². The molecule has 0 aliphatic carbocycles. The molecule has 0 radical (unpaired) electrons. The number of hydrogen-bond acceptors (Lipinski definition) is 3. The molecule has 1 aliphatic rings. The fourth-order valence-corrected chi connectivity index (χ4v) is 2.35. The maximum atomic E-state index is 12.5. The number of benzene rings is 1. The highest BCUT2D eigenvalue weighted by Gasteiger charge is 2.29. The van der Waals surface area contributed by atoms with E-state index in [4.69, 9.17) is 10.1 Å². The van der Waals surface area contributed by atoms with E-state index in [2.05, 4.69) is 17.2 Å². The quantitative estimate of drug-likeness (QED) is 0.467. The molecule has 1 unspecified atom stereocenters. The minimum atomic E-state index is -4.40. The van der Waals surface area contributed by atoms with Crippen LogP contribution in [-0.2, 0) is 15.7 Å². The first-order valence-electron chi connectivity index (χ1n) is 8.14. The molecule has 1 amide bonds. The highest BCUT2D eigenvalue weighted by Crippen LogP contribution is 2.28. The fourth-order valence-electron chi connectivity index (χ4n) is 2.35. The van der Waals surface area contributed by atoms with Gasteiger partial charge in [0.25, 0.3) is 0 Å². The summed E-state index contributed by atoms with van der Waals surface area (Å²) in [5, 5.41) is 10.2. The second kappa shape index (κ2) is 9.93. The smallest absolute Gasteiger partial charge is 0.359 e. The van der Waals surface area contributed by atoms with E-state index in [1.807, 2.05) is 0 Å². The lowest BCUT2D eigenvalue weighted by atomic mass is 10.1. The van der Waals surface area contributed by atoms with Crippen molar-refractivity contribution < 1.29 is 22.7 Å². The Hall–Kier alpha value is -2.59. The van der Waals surface area contributed by atoms with E-state index in [0.29, 0.717) is 12.2 Å². The monoisotopic (exact) mass is 380 g/mol. The molecule has 27 heavy (non-hydrogen) atoms. The van der Waals surface area contributed by atoms with Gasteiger partial charge in [0, 0.05) is 24.0 Å². The first-order valence-corrected chi connectivity index (χ1v) is 8.14. The molecule has 0 aromatic heterocycles. The van der Waals surface area contributed by atoms with E-state index in [9.17, 15) is 18.0 Å². The minimum Gasteiger partial charge on any atom is -0.359 e. The molecule has 2 N–H and O–H groups in total. The highest BCUT2D eigenvalue weighted by atomic mass is 19.4. The molecule has 2 rings (SSSR count). The third-order valence-electron chi connectivity index (χ3n) is 3.91. The van der Waals surface area contributed by atoms with Crippen LogP contribution >= 0.6 is 0 Å². The Morgan fingerprint density at radius 1 is 1.30 bits per heavy atom. The number of hydrogen-bond donors (Lipinski definition) is 2. The Morgan fingerprint density at radius 2 is 1.96 bits per heavy atom. The van der Waals surface area contributed by atoms with Gasteiger partial charge in [0.15, 0.2) is 0 Å². The molecular formula is C20H23F3N2O2. The minimum absolute atomic E-state index is 0. The number of carbonyl (C=O) groups is 1. The van der Waals surface area contributed by atoms with E-state index in [1.54, 1.807) is 6.92 Å². The molecule has 146 valence electrons. The van der Waals surface area contributed by atoms with Crippen molar-refractivity contribution in [2.75, 3.05) is 6.61 Å². The van der Waals surface area contributed by atoms with Crippen molar-refractivity contribution in [2.45, 2.75) is 46.0 Å². The molecule has 0 bridgehead atoms. The molecule has 1 aliphatic heterocycles. The Kier molecular flexibility index (Phi) is 8.26. The van der Waals surface area contributed by atoms with Gasteiger partial charge >= 0.3 is 6.18 Å². The lowest BCUT2D eigenvalue weighted by Gasteiger charge is -2.23. The number of allylic oxidation sites excluding steroid dienone is 1. The summed E-state index contributed by atoms with van der Waals surface area (Å²) in [5.41, 5.74) is 0.0573. The van der Waals surface area contributed by atoms with Crippen LogP contribution in [0.1, 0.15) is 44.7 Å². The maximum Gasteiger partial charge on any atom is 0.416 e. The van der Waals surface area contributed by atoms with Gasteiger partial charge in [-0.3, -0.25) is 4.79 Å². The number of rotatable bonds is 3. The number of halogens is 3. The molecule has 7 heteroatoms. The normalized spacial score (nSPS) is 17.6. The van der Waals surface area contributed by atoms with E-state index in [1.165, 1.54) is 12.1 Å². The molecule has 1 fully saturated rings. The number of ether oxygens (including phenoxy) is 1. The van der Waals surface area contributed by atoms with Gasteiger partial charge in [0.1, 0.15) is 6.23 Å². The van der Waals surface area contributed by atoms with Crippen molar-refractivity contribution in [1.82, 2.24) is 5.32 Å². The van der Waals surface area contributed by atoms with Crippen molar-refractivity contribution in [2.24, 2.45) is 0 Å². The SMILES string of the molecule is C.C/C(C(=O)NC1CCCCO1)=C(\C#Cc1ccc(C(F)(F)F)cc1)C=N. The topological polar surface area (TPSA) is 62.2 Å². The standard InChI is InChI=1S/C19H19F3N2O2.CH4/c1-13(18(25)24-17-4-2-3-11-26-17)15(12-23)8-5-14-6-9-16(10-7-14)19(20,21)22;/h6-7,9-10,12,17,23H,2-4,11H2,1H3,(H,24,25);1H4/b15-13-,23-12?;. The first-order chi connectivity index (χ1) is 12.3. The molecule has 1 saturated heterocycles. The lowest BCUT2D eigenvalue weighted by Crippen LogP contribution is -2.39. The molecule has 0 saturated carbocycles. The number of amides is 1. The molecule has 0 spiro atoms. The van der Waals surface area contributed by atoms with Crippen LogP contribution < -0.4 is 5.32 Å². The Morgan fingerprint density at radius 3 is 2.48 bits per heavy atom. The summed E-state index contributed by atoms with van der Waals surface area (Å²) < 4.78 is 43.1. The van der Waals surface area contributed by atoms with Crippen molar-refractivity contribution in [3.63, 3.8) is 0 Å². The summed E-state index contributed by atoms with van der Waals surface area (Å²) in [7, 11) is 0. The molecule has 1 atom stereocenters. The summed E-state index contributed by atoms with van der Waals surface area (Å²) in [6.45, 7) is 2.14. The molecule has 1 heterocycles. The highest BCUT2D eigenvalue weighted by molar-refractivity contribution is 6.01. The zero-order chi connectivity index (χ0) is 19.2. The van der Waals surface area contributed by atoms with Gasteiger partial charge in [0.2, 0.25) is 5.91 Å². The average Bonchev–Trinajstić information content (AvgIpc) is 2.62. The van der Waals surface area contributed by atoms with Gasteiger partial charge in [-0.2, -0.15) is 13.2 Å². The second-order valence-corrected chi connectivity index (χ2v) is 5.84. The number of carbonyl (C=O) groups excluding carboxylic acids is 1. The van der Waals surface area contributed by atoms with Crippen LogP contribution in [0.4, 0.5) is 13.2 Å². The zero-order valence-electron chi connectivity index (χ0n) is 14.2. The molecule has 4 nitrogen and oxygen atoms in total. The predicted molar refractivity (Wildman–Crippen MR) is 98.3 cm³/mol. The zero-order valence-corrected chi connectivity index (χ0v) is 14.2. The van der Waals surface area contributed by atoms with Gasteiger partial charge in [0.05, 0.1) is 11.1 Å². The van der Waals surface area contributed by atoms with Gasteiger partial charge in [-0.15, -0.1) is 0 Å². The Labute approximate surface area is 157 Å². The van der Waals surface area contributed by atoms with Crippen LogP contribution in [0.2, 0.25) is 0 Å². The van der Waals surface area contributed by atoms with Gasteiger partial charge < -0.3 is 15.5 Å². The van der Waals surface area contributed by atoms with Crippen molar-refractivity contribution in [1.29, 1.82) is 5.41 Å². The maximum absolute atomic E-state index is 12.5. The predicted octanol–water partition coefficient (Wildman–Crippen LogP) is 4.30. The van der Waals surface area contributed by atoms with Crippen molar-refractivity contribution >= 4 is 12.1 Å². The lowest BCUT2D eigenvalue weighted by molar-refractivity contribution is -0.137. The summed E-state index contributed by atoms with van der Waals surface area (Å²) in [5.74, 6) is 4.96. The third kappa shape index (κ3) is 6.57. The van der Waals surface area contributed by atoms with Crippen LogP contribution in [0.5, 0.6) is 0 Å². The van der Waals surface area contributed by atoms with E-state index in [-0.39, 0.29) is 30.7 Å². The van der Waals surface area contributed by atoms with Crippen LogP contribution in [0.25, 0.3) is 0 Å². The van der Waals surface area contributed by atoms with E-state index < -0.39 is 11.7 Å². The summed E-state index contributed by atoms with van der Waals surface area (Å²) >= 11 is 0. The first kappa shape index (κ1) is 22.5. The largest absolute Gasteiger partial charge is 0.416 e. The third-order valence-corrected chi connectivity index (χ3v) is 3.91. The summed E-state index contributed by atoms with van der Waals surface area (Å²) in [4.78, 5) is 12.2. The van der Waals surface area contributed by atoms with E-state index >= 15 is 0 Å². The Bertz CT molecular complexity index is 750. The van der Waals surface area contributed by atoms with Crippen LogP contribution in [0, 0.1) is 17.3 Å². The Balaban J connectivity index is 0.00000364. The summed E-state index contributed by atoms with van der Waals surface area (Å²) in [6, 6.07) is 4.39. The second-order valence-electron chi connectivity index (χ2n) is 5.84. The van der Waals surface area contributed by atoms with Crippen LogP contribution in [0.3, 0.4) is 0 Å². The van der Waals surface area contributed by atoms with Gasteiger partial charge in [-0.05, 0) is 50.5 Å². The van der Waals surface area contributed by atoms with Crippen LogP contribution in [-0.4, -0.2) is 25.0 Å². The van der Waals surface area contributed by atoms with Crippen molar-refractivity contribution in [3.05, 3.63) is 46.5 Å². The average molecular weight is 380 g/mol. The molecule has 1 aromatic rings. The van der Waals surface area contributed by atoms with E-state index in [0.717, 1.165) is 37.6 Å². The number of nitrogens with one attached hydrogen (secondary N) is 2. The van der Waals surface area contributed by atoms with Gasteiger partial charge in [-0.1, -0.05) is 19.3 Å². The molecular weight excluding hydrogens is 357 g/mol. The fraction of sp³-hybridized carbons (Fsp3) is 0.400. The van der Waals surface area contributed by atoms with Gasteiger partial charge in [-0.25, -0.2) is 0 Å². The molecule has 1 aromatic carbocycles. The van der Waals surface area contributed by atoms with Crippen LogP contribution in [0.15, 0.2) is 35.4 Å².